The lowest BCUT2D eigenvalue weighted by Gasteiger charge is -2.10. The molecule has 1 unspecified atom stereocenters. The molecule has 94 valence electrons. The molecular formula is C11H16BrN3OS. The maximum Gasteiger partial charge on any atom is 0.189 e. The van der Waals surface area contributed by atoms with Gasteiger partial charge in [0, 0.05) is 13.2 Å². The summed E-state index contributed by atoms with van der Waals surface area (Å²) in [5, 5.41) is 5.13. The van der Waals surface area contributed by atoms with E-state index in [2.05, 4.69) is 26.2 Å². The predicted octanol–water partition coefficient (Wildman–Crippen LogP) is 2.09. The van der Waals surface area contributed by atoms with Crippen molar-refractivity contribution in [3.8, 4) is 0 Å². The van der Waals surface area contributed by atoms with Crippen LogP contribution < -0.4 is 11.1 Å². The second-order valence-electron chi connectivity index (χ2n) is 3.94. The van der Waals surface area contributed by atoms with Crippen molar-refractivity contribution in [1.29, 1.82) is 0 Å². The van der Waals surface area contributed by atoms with Crippen molar-refractivity contribution in [2.75, 3.05) is 13.2 Å². The molecule has 2 heterocycles. The van der Waals surface area contributed by atoms with Gasteiger partial charge in [0.1, 0.15) is 0 Å². The highest BCUT2D eigenvalue weighted by Crippen LogP contribution is 2.23. The highest BCUT2D eigenvalue weighted by molar-refractivity contribution is 9.11. The molecule has 1 aliphatic heterocycles. The van der Waals surface area contributed by atoms with E-state index >= 15 is 0 Å². The lowest BCUT2D eigenvalue weighted by atomic mass is 10.2. The Kier molecular flexibility index (Phi) is 4.82. The quantitative estimate of drug-likeness (QED) is 0.660. The zero-order valence-corrected chi connectivity index (χ0v) is 11.9. The molecule has 17 heavy (non-hydrogen) atoms. The molecule has 0 bridgehead atoms. The van der Waals surface area contributed by atoms with E-state index in [1.165, 1.54) is 0 Å². The van der Waals surface area contributed by atoms with Crippen LogP contribution in [-0.4, -0.2) is 25.2 Å². The molecule has 1 fully saturated rings. The Morgan fingerprint density at radius 1 is 1.71 bits per heavy atom. The van der Waals surface area contributed by atoms with Crippen LogP contribution in [-0.2, 0) is 11.3 Å². The SMILES string of the molecule is NC(=NCc1ccsc1Br)NCC1CCCO1. The molecule has 6 heteroatoms. The molecule has 1 aliphatic rings. The number of hydrogen-bond acceptors (Lipinski definition) is 3. The summed E-state index contributed by atoms with van der Waals surface area (Å²) < 4.78 is 6.61. The van der Waals surface area contributed by atoms with Gasteiger partial charge in [-0.3, -0.25) is 0 Å². The van der Waals surface area contributed by atoms with Crippen molar-refractivity contribution in [2.24, 2.45) is 10.7 Å². The van der Waals surface area contributed by atoms with Crippen LogP contribution in [0.2, 0.25) is 0 Å². The third-order valence-electron chi connectivity index (χ3n) is 2.65. The van der Waals surface area contributed by atoms with Crippen molar-refractivity contribution >= 4 is 33.2 Å². The van der Waals surface area contributed by atoms with E-state index in [-0.39, 0.29) is 6.10 Å². The van der Waals surface area contributed by atoms with E-state index in [4.69, 9.17) is 10.5 Å². The third kappa shape index (κ3) is 3.97. The zero-order chi connectivity index (χ0) is 12.1. The van der Waals surface area contributed by atoms with Gasteiger partial charge in [0.2, 0.25) is 0 Å². The molecule has 2 rings (SSSR count). The summed E-state index contributed by atoms with van der Waals surface area (Å²) in [6, 6.07) is 2.05. The zero-order valence-electron chi connectivity index (χ0n) is 9.49. The first kappa shape index (κ1) is 12.9. The highest BCUT2D eigenvalue weighted by atomic mass is 79.9. The fourth-order valence-electron chi connectivity index (χ4n) is 1.68. The van der Waals surface area contributed by atoms with Crippen LogP contribution in [0.5, 0.6) is 0 Å². The smallest absolute Gasteiger partial charge is 0.189 e. The van der Waals surface area contributed by atoms with Crippen LogP contribution in [0.3, 0.4) is 0 Å². The number of nitrogens with one attached hydrogen (secondary N) is 1. The first-order valence-corrected chi connectivity index (χ1v) is 7.30. The number of aliphatic imine (C=N–C) groups is 1. The second kappa shape index (κ2) is 6.37. The van der Waals surface area contributed by atoms with Gasteiger partial charge in [-0.15, -0.1) is 11.3 Å². The number of halogens is 1. The Morgan fingerprint density at radius 2 is 2.59 bits per heavy atom. The molecule has 0 aliphatic carbocycles. The molecule has 0 radical (unpaired) electrons. The van der Waals surface area contributed by atoms with Crippen molar-refractivity contribution in [3.05, 3.63) is 20.8 Å². The molecule has 1 atom stereocenters. The van der Waals surface area contributed by atoms with Gasteiger partial charge in [0.05, 0.1) is 16.4 Å². The summed E-state index contributed by atoms with van der Waals surface area (Å²) >= 11 is 5.13. The van der Waals surface area contributed by atoms with Crippen LogP contribution in [0.25, 0.3) is 0 Å². The van der Waals surface area contributed by atoms with E-state index in [0.29, 0.717) is 12.5 Å². The predicted molar refractivity (Wildman–Crippen MR) is 74.3 cm³/mol. The Hall–Kier alpha value is -0.590. The van der Waals surface area contributed by atoms with Crippen molar-refractivity contribution in [1.82, 2.24) is 5.32 Å². The third-order valence-corrected chi connectivity index (χ3v) is 4.46. The van der Waals surface area contributed by atoms with Gasteiger partial charge in [-0.2, -0.15) is 0 Å². The van der Waals surface area contributed by atoms with Crippen LogP contribution in [0, 0.1) is 0 Å². The van der Waals surface area contributed by atoms with E-state index in [1.807, 2.05) is 11.4 Å². The van der Waals surface area contributed by atoms with Crippen molar-refractivity contribution < 1.29 is 4.74 Å². The molecule has 1 aromatic rings. The van der Waals surface area contributed by atoms with E-state index in [0.717, 1.165) is 35.3 Å². The van der Waals surface area contributed by atoms with E-state index < -0.39 is 0 Å². The summed E-state index contributed by atoms with van der Waals surface area (Å²) in [7, 11) is 0. The molecule has 0 saturated carbocycles. The Bertz CT molecular complexity index is 388. The van der Waals surface area contributed by atoms with Crippen LogP contribution in [0.4, 0.5) is 0 Å². The van der Waals surface area contributed by atoms with Gasteiger partial charge in [-0.05, 0) is 45.8 Å². The minimum atomic E-state index is 0.289. The van der Waals surface area contributed by atoms with Gasteiger partial charge in [0.25, 0.3) is 0 Å². The van der Waals surface area contributed by atoms with Gasteiger partial charge in [-0.25, -0.2) is 4.99 Å². The summed E-state index contributed by atoms with van der Waals surface area (Å²) in [6.07, 6.45) is 2.54. The first-order valence-electron chi connectivity index (χ1n) is 5.63. The standard InChI is InChI=1S/C11H16BrN3OS/c12-10-8(3-5-17-10)6-14-11(13)15-7-9-2-1-4-16-9/h3,5,9H,1-2,4,6-7H2,(H3,13,14,15). The fourth-order valence-corrected chi connectivity index (χ4v) is 2.90. The van der Waals surface area contributed by atoms with Crippen LogP contribution in [0.1, 0.15) is 18.4 Å². The molecule has 0 amide bonds. The minimum Gasteiger partial charge on any atom is -0.376 e. The summed E-state index contributed by atoms with van der Waals surface area (Å²) in [5.41, 5.74) is 6.95. The van der Waals surface area contributed by atoms with Crippen LogP contribution >= 0.6 is 27.3 Å². The number of thiophene rings is 1. The lowest BCUT2D eigenvalue weighted by molar-refractivity contribution is 0.114. The number of guanidine groups is 1. The first-order chi connectivity index (χ1) is 8.25. The monoisotopic (exact) mass is 317 g/mol. The summed E-state index contributed by atoms with van der Waals surface area (Å²) in [6.45, 7) is 2.22. The summed E-state index contributed by atoms with van der Waals surface area (Å²) in [5.74, 6) is 0.485. The Balaban J connectivity index is 1.75. The number of ether oxygens (including phenoxy) is 1. The number of rotatable bonds is 4. The maximum absolute atomic E-state index is 5.79. The van der Waals surface area contributed by atoms with Crippen LogP contribution in [0.15, 0.2) is 20.2 Å². The maximum atomic E-state index is 5.79. The molecule has 0 spiro atoms. The van der Waals surface area contributed by atoms with Crippen molar-refractivity contribution in [2.45, 2.75) is 25.5 Å². The number of nitrogens with zero attached hydrogens (tertiary/aromatic N) is 1. The highest BCUT2D eigenvalue weighted by Gasteiger charge is 2.14. The van der Waals surface area contributed by atoms with Gasteiger partial charge in [-0.1, -0.05) is 0 Å². The largest absolute Gasteiger partial charge is 0.376 e. The van der Waals surface area contributed by atoms with Gasteiger partial charge >= 0.3 is 0 Å². The fraction of sp³-hybridized carbons (Fsp3) is 0.545. The molecular weight excluding hydrogens is 302 g/mol. The molecule has 1 saturated heterocycles. The molecule has 4 nitrogen and oxygen atoms in total. The van der Waals surface area contributed by atoms with E-state index in [1.54, 1.807) is 11.3 Å². The van der Waals surface area contributed by atoms with Gasteiger partial charge < -0.3 is 15.8 Å². The lowest BCUT2D eigenvalue weighted by Crippen LogP contribution is -2.37. The average Bonchev–Trinajstić information content (AvgIpc) is 2.95. The topological polar surface area (TPSA) is 59.6 Å². The average molecular weight is 318 g/mol. The number of nitrogens with two attached hydrogens (primary N) is 1. The Morgan fingerprint density at radius 3 is 3.24 bits per heavy atom. The van der Waals surface area contributed by atoms with E-state index in [9.17, 15) is 0 Å². The Labute approximate surface area is 113 Å². The van der Waals surface area contributed by atoms with Crippen molar-refractivity contribution in [3.63, 3.8) is 0 Å². The summed E-state index contributed by atoms with van der Waals surface area (Å²) in [4.78, 5) is 4.29. The second-order valence-corrected chi connectivity index (χ2v) is 6.17. The normalized spacial score (nSPS) is 20.8. The molecule has 1 aromatic heterocycles. The minimum absolute atomic E-state index is 0.289. The molecule has 3 N–H and O–H groups in total. The molecule has 0 aromatic carbocycles. The van der Waals surface area contributed by atoms with Gasteiger partial charge in [0.15, 0.2) is 5.96 Å². The number of hydrogen-bond donors (Lipinski definition) is 2.